The zero-order valence-corrected chi connectivity index (χ0v) is 8.82. The van der Waals surface area contributed by atoms with Crippen LogP contribution in [0.5, 0.6) is 5.88 Å². The molecular weight excluding hydrogens is 195 g/mol. The fraction of sp³-hybridized carbons (Fsp3) is 0.545. The van der Waals surface area contributed by atoms with Crippen LogP contribution in [0.2, 0.25) is 0 Å². The van der Waals surface area contributed by atoms with Gasteiger partial charge in [-0.2, -0.15) is 0 Å². The van der Waals surface area contributed by atoms with E-state index in [1.807, 2.05) is 0 Å². The van der Waals surface area contributed by atoms with Crippen LogP contribution in [0, 0.1) is 5.82 Å². The lowest BCUT2D eigenvalue weighted by Crippen LogP contribution is -2.35. The van der Waals surface area contributed by atoms with Gasteiger partial charge in [-0.25, -0.2) is 9.37 Å². The molecule has 1 saturated heterocycles. The highest BCUT2D eigenvalue weighted by Crippen LogP contribution is 2.16. The van der Waals surface area contributed by atoms with E-state index in [4.69, 9.17) is 4.74 Å². The molecule has 0 aromatic carbocycles. The average molecular weight is 210 g/mol. The lowest BCUT2D eigenvalue weighted by molar-refractivity contribution is 0.110. The van der Waals surface area contributed by atoms with Gasteiger partial charge in [0, 0.05) is 19.2 Å². The minimum atomic E-state index is -0.328. The van der Waals surface area contributed by atoms with Crippen LogP contribution in [0.3, 0.4) is 0 Å². The number of hydrogen-bond donors (Lipinski definition) is 0. The number of aromatic nitrogens is 1. The fourth-order valence-electron chi connectivity index (χ4n) is 1.71. The van der Waals surface area contributed by atoms with Gasteiger partial charge in [-0.3, -0.25) is 0 Å². The Hall–Kier alpha value is -1.16. The van der Waals surface area contributed by atoms with Crippen molar-refractivity contribution in [3.05, 3.63) is 24.1 Å². The fourth-order valence-corrected chi connectivity index (χ4v) is 1.71. The molecule has 1 aliphatic heterocycles. The molecule has 4 heteroatoms. The summed E-state index contributed by atoms with van der Waals surface area (Å²) >= 11 is 0. The van der Waals surface area contributed by atoms with E-state index in [1.165, 1.54) is 12.3 Å². The van der Waals surface area contributed by atoms with Crippen molar-refractivity contribution in [2.75, 3.05) is 20.1 Å². The second kappa shape index (κ2) is 4.57. The summed E-state index contributed by atoms with van der Waals surface area (Å²) in [5, 5.41) is 0. The molecule has 0 atom stereocenters. The molecule has 1 fully saturated rings. The highest BCUT2D eigenvalue weighted by atomic mass is 19.1. The second-order valence-corrected chi connectivity index (χ2v) is 3.94. The molecular formula is C11H15FN2O. The molecule has 0 N–H and O–H groups in total. The first-order chi connectivity index (χ1) is 7.24. The van der Waals surface area contributed by atoms with Gasteiger partial charge < -0.3 is 9.64 Å². The summed E-state index contributed by atoms with van der Waals surface area (Å²) in [4.78, 5) is 6.16. The van der Waals surface area contributed by atoms with Crippen molar-refractivity contribution >= 4 is 0 Å². The largest absolute Gasteiger partial charge is 0.474 e. The van der Waals surface area contributed by atoms with E-state index in [-0.39, 0.29) is 11.9 Å². The third-order valence-corrected chi connectivity index (χ3v) is 2.65. The number of pyridine rings is 1. The van der Waals surface area contributed by atoms with Crippen LogP contribution < -0.4 is 4.74 Å². The zero-order valence-electron chi connectivity index (χ0n) is 8.82. The van der Waals surface area contributed by atoms with Crippen molar-refractivity contribution in [3.63, 3.8) is 0 Å². The van der Waals surface area contributed by atoms with Gasteiger partial charge in [-0.1, -0.05) is 0 Å². The maximum atomic E-state index is 12.6. The lowest BCUT2D eigenvalue weighted by atomic mass is 10.1. The monoisotopic (exact) mass is 210 g/mol. The second-order valence-electron chi connectivity index (χ2n) is 3.94. The predicted octanol–water partition coefficient (Wildman–Crippen LogP) is 1.69. The van der Waals surface area contributed by atoms with E-state index in [1.54, 1.807) is 6.07 Å². The number of ether oxygens (including phenoxy) is 1. The van der Waals surface area contributed by atoms with E-state index in [9.17, 15) is 4.39 Å². The Morgan fingerprint density at radius 1 is 1.40 bits per heavy atom. The number of halogens is 1. The van der Waals surface area contributed by atoms with Gasteiger partial charge in [0.1, 0.15) is 11.9 Å². The van der Waals surface area contributed by atoms with Gasteiger partial charge in [0.05, 0.1) is 6.20 Å². The van der Waals surface area contributed by atoms with Crippen LogP contribution in [0.25, 0.3) is 0 Å². The molecule has 82 valence electrons. The Morgan fingerprint density at radius 3 is 2.73 bits per heavy atom. The van der Waals surface area contributed by atoms with Crippen LogP contribution in [0.4, 0.5) is 4.39 Å². The number of rotatable bonds is 2. The van der Waals surface area contributed by atoms with Crippen LogP contribution in [0.15, 0.2) is 18.3 Å². The van der Waals surface area contributed by atoms with E-state index < -0.39 is 0 Å². The molecule has 0 unspecified atom stereocenters. The molecule has 3 nitrogen and oxygen atoms in total. The molecule has 1 aliphatic rings. The Kier molecular flexibility index (Phi) is 3.16. The van der Waals surface area contributed by atoms with Crippen molar-refractivity contribution in [2.45, 2.75) is 18.9 Å². The first-order valence-corrected chi connectivity index (χ1v) is 5.21. The summed E-state index contributed by atoms with van der Waals surface area (Å²) in [5.41, 5.74) is 0. The summed E-state index contributed by atoms with van der Waals surface area (Å²) in [6, 6.07) is 2.95. The standard InChI is InChI=1S/C11H15FN2O/c1-14-6-4-10(5-7-14)15-11-3-2-9(12)8-13-11/h2-3,8,10H,4-7H2,1H3. The van der Waals surface area contributed by atoms with Crippen LogP contribution in [-0.2, 0) is 0 Å². The van der Waals surface area contributed by atoms with E-state index in [2.05, 4.69) is 16.9 Å². The smallest absolute Gasteiger partial charge is 0.213 e. The molecule has 0 aliphatic carbocycles. The summed E-state index contributed by atoms with van der Waals surface area (Å²) in [6.45, 7) is 2.09. The molecule has 2 rings (SSSR count). The Bertz CT molecular complexity index is 307. The first kappa shape index (κ1) is 10.4. The summed E-state index contributed by atoms with van der Waals surface area (Å²) < 4.78 is 18.2. The first-order valence-electron chi connectivity index (χ1n) is 5.21. The van der Waals surface area contributed by atoms with Gasteiger partial charge in [0.15, 0.2) is 0 Å². The minimum absolute atomic E-state index is 0.221. The van der Waals surface area contributed by atoms with Gasteiger partial charge in [0.2, 0.25) is 5.88 Å². The SMILES string of the molecule is CN1CCC(Oc2ccc(F)cn2)CC1. The van der Waals surface area contributed by atoms with E-state index in [0.29, 0.717) is 5.88 Å². The van der Waals surface area contributed by atoms with Crippen molar-refractivity contribution in [2.24, 2.45) is 0 Å². The maximum absolute atomic E-state index is 12.6. The molecule has 2 heterocycles. The third kappa shape index (κ3) is 2.89. The summed E-state index contributed by atoms with van der Waals surface area (Å²) in [5.74, 6) is 0.191. The predicted molar refractivity (Wildman–Crippen MR) is 55.3 cm³/mol. The third-order valence-electron chi connectivity index (χ3n) is 2.65. The van der Waals surface area contributed by atoms with Gasteiger partial charge in [0.25, 0.3) is 0 Å². The molecule has 0 radical (unpaired) electrons. The Morgan fingerprint density at radius 2 is 2.13 bits per heavy atom. The summed E-state index contributed by atoms with van der Waals surface area (Å²) in [7, 11) is 2.10. The summed E-state index contributed by atoms with van der Waals surface area (Å²) in [6.07, 6.45) is 3.43. The van der Waals surface area contributed by atoms with Crippen molar-refractivity contribution in [1.29, 1.82) is 0 Å². The number of piperidine rings is 1. The zero-order chi connectivity index (χ0) is 10.7. The average Bonchev–Trinajstić information content (AvgIpc) is 2.25. The maximum Gasteiger partial charge on any atom is 0.213 e. The molecule has 1 aromatic heterocycles. The highest BCUT2D eigenvalue weighted by Gasteiger charge is 2.18. The van der Waals surface area contributed by atoms with E-state index >= 15 is 0 Å². The van der Waals surface area contributed by atoms with Crippen LogP contribution in [0.1, 0.15) is 12.8 Å². The molecule has 1 aromatic rings. The lowest BCUT2D eigenvalue weighted by Gasteiger charge is -2.28. The quantitative estimate of drug-likeness (QED) is 0.742. The molecule has 0 amide bonds. The Labute approximate surface area is 88.9 Å². The topological polar surface area (TPSA) is 25.4 Å². The normalized spacial score (nSPS) is 19.1. The molecule has 0 spiro atoms. The molecule has 15 heavy (non-hydrogen) atoms. The van der Waals surface area contributed by atoms with Crippen molar-refractivity contribution < 1.29 is 9.13 Å². The van der Waals surface area contributed by atoms with Crippen molar-refractivity contribution in [3.8, 4) is 5.88 Å². The van der Waals surface area contributed by atoms with E-state index in [0.717, 1.165) is 25.9 Å². The molecule has 0 saturated carbocycles. The highest BCUT2D eigenvalue weighted by molar-refractivity contribution is 5.11. The number of nitrogens with zero attached hydrogens (tertiary/aromatic N) is 2. The van der Waals surface area contributed by atoms with Gasteiger partial charge in [-0.15, -0.1) is 0 Å². The number of hydrogen-bond acceptors (Lipinski definition) is 3. The Balaban J connectivity index is 1.89. The van der Waals surface area contributed by atoms with Crippen LogP contribution in [-0.4, -0.2) is 36.1 Å². The number of likely N-dealkylation sites (tertiary alicyclic amines) is 1. The van der Waals surface area contributed by atoms with Crippen LogP contribution >= 0.6 is 0 Å². The van der Waals surface area contributed by atoms with Crippen molar-refractivity contribution in [1.82, 2.24) is 9.88 Å². The molecule has 0 bridgehead atoms. The van der Waals surface area contributed by atoms with Gasteiger partial charge in [-0.05, 0) is 26.0 Å². The minimum Gasteiger partial charge on any atom is -0.474 e. The van der Waals surface area contributed by atoms with Gasteiger partial charge >= 0.3 is 0 Å².